The predicted octanol–water partition coefficient (Wildman–Crippen LogP) is -0.511. The number of hydrogen-bond acceptors (Lipinski definition) is 4. The van der Waals surface area contributed by atoms with Crippen molar-refractivity contribution in [3.63, 3.8) is 0 Å². The molecule has 0 aromatic carbocycles. The summed E-state index contributed by atoms with van der Waals surface area (Å²) >= 11 is 0. The quantitative estimate of drug-likeness (QED) is 0.657. The summed E-state index contributed by atoms with van der Waals surface area (Å²) in [6, 6.07) is 2.96. The van der Waals surface area contributed by atoms with Gasteiger partial charge in [-0.1, -0.05) is 0 Å². The van der Waals surface area contributed by atoms with Crippen LogP contribution in [-0.2, 0) is 0 Å². The number of nitrogens with one attached hydrogen (secondary N) is 1. The molecule has 2 saturated heterocycles. The van der Waals surface area contributed by atoms with Gasteiger partial charge in [-0.05, 0) is 0 Å². The van der Waals surface area contributed by atoms with Crippen LogP contribution in [0.4, 0.5) is 0 Å². The first-order valence-electron chi connectivity index (χ1n) is 5.44. The highest BCUT2D eigenvalue weighted by Gasteiger charge is 2.31. The van der Waals surface area contributed by atoms with E-state index >= 15 is 0 Å². The number of hydrogen-bond donors (Lipinski definition) is 1. The molecule has 1 N–H and O–H groups in total. The summed E-state index contributed by atoms with van der Waals surface area (Å²) in [6.07, 6.45) is 0.675. The molecule has 0 unspecified atom stereocenters. The fraction of sp³-hybridized carbons (Fsp3) is 0.900. The molecule has 2 rings (SSSR count). The zero-order chi connectivity index (χ0) is 9.80. The Bertz CT molecular complexity index is 211. The van der Waals surface area contributed by atoms with Gasteiger partial charge in [0.1, 0.15) is 0 Å². The third kappa shape index (κ3) is 2.24. The molecule has 2 aliphatic rings. The molecule has 0 aliphatic carbocycles. The van der Waals surface area contributed by atoms with Gasteiger partial charge in [0.25, 0.3) is 0 Å². The maximum absolute atomic E-state index is 8.45. The molecule has 0 amide bonds. The van der Waals surface area contributed by atoms with Crippen LogP contribution in [-0.4, -0.2) is 61.7 Å². The van der Waals surface area contributed by atoms with Crippen molar-refractivity contribution in [3.05, 3.63) is 0 Å². The lowest BCUT2D eigenvalue weighted by atomic mass is 10.1. The largest absolute Gasteiger partial charge is 0.314 e. The number of likely N-dealkylation sites (tertiary alicyclic amines) is 1. The number of rotatable bonds is 3. The van der Waals surface area contributed by atoms with E-state index in [4.69, 9.17) is 5.26 Å². The third-order valence-electron chi connectivity index (χ3n) is 3.15. The highest BCUT2D eigenvalue weighted by Crippen LogP contribution is 2.15. The van der Waals surface area contributed by atoms with Crippen LogP contribution in [0.1, 0.15) is 6.42 Å². The molecule has 14 heavy (non-hydrogen) atoms. The van der Waals surface area contributed by atoms with E-state index < -0.39 is 0 Å². The Labute approximate surface area is 85.5 Å². The molecule has 0 spiro atoms. The first-order chi connectivity index (χ1) is 6.90. The summed E-state index contributed by atoms with van der Waals surface area (Å²) in [7, 11) is 0. The Morgan fingerprint density at radius 1 is 1.29 bits per heavy atom. The van der Waals surface area contributed by atoms with E-state index in [2.05, 4.69) is 21.2 Å². The minimum Gasteiger partial charge on any atom is -0.314 e. The van der Waals surface area contributed by atoms with E-state index in [-0.39, 0.29) is 0 Å². The molecule has 0 saturated carbocycles. The Morgan fingerprint density at radius 2 is 2.00 bits per heavy atom. The van der Waals surface area contributed by atoms with E-state index in [1.54, 1.807) is 0 Å². The maximum Gasteiger partial charge on any atom is 0.0635 e. The first-order valence-corrected chi connectivity index (χ1v) is 5.44. The molecule has 4 nitrogen and oxygen atoms in total. The highest BCUT2D eigenvalue weighted by molar-refractivity contribution is 4.90. The number of nitriles is 1. The average Bonchev–Trinajstić information content (AvgIpc) is 2.17. The Balaban J connectivity index is 1.64. The lowest BCUT2D eigenvalue weighted by Gasteiger charge is -2.46. The summed E-state index contributed by atoms with van der Waals surface area (Å²) < 4.78 is 0. The van der Waals surface area contributed by atoms with E-state index in [1.807, 2.05) is 0 Å². The van der Waals surface area contributed by atoms with Crippen LogP contribution in [0, 0.1) is 11.3 Å². The van der Waals surface area contributed by atoms with Crippen LogP contribution in [0.5, 0.6) is 0 Å². The van der Waals surface area contributed by atoms with E-state index in [9.17, 15) is 0 Å². The SMILES string of the molecule is N#CCCN1CC(N2CCNCC2)C1. The number of piperazine rings is 1. The zero-order valence-corrected chi connectivity index (χ0v) is 8.58. The van der Waals surface area contributed by atoms with Gasteiger partial charge >= 0.3 is 0 Å². The fourth-order valence-electron chi connectivity index (χ4n) is 2.21. The second kappa shape index (κ2) is 4.74. The minimum absolute atomic E-state index is 0.675. The van der Waals surface area contributed by atoms with Crippen molar-refractivity contribution < 1.29 is 0 Å². The molecule has 0 bridgehead atoms. The standard InChI is InChI=1S/C10H18N4/c11-2-1-5-13-8-10(9-13)14-6-3-12-4-7-14/h10,12H,1,3-9H2. The molecule has 2 fully saturated rings. The molecular formula is C10H18N4. The fourth-order valence-corrected chi connectivity index (χ4v) is 2.21. The van der Waals surface area contributed by atoms with Gasteiger partial charge in [0, 0.05) is 58.3 Å². The van der Waals surface area contributed by atoms with Crippen LogP contribution >= 0.6 is 0 Å². The molecule has 0 aromatic rings. The molecule has 4 heteroatoms. The minimum atomic E-state index is 0.675. The molecule has 0 radical (unpaired) electrons. The first kappa shape index (κ1) is 9.91. The van der Waals surface area contributed by atoms with Gasteiger partial charge in [-0.3, -0.25) is 9.80 Å². The predicted molar refractivity (Wildman–Crippen MR) is 54.9 cm³/mol. The third-order valence-corrected chi connectivity index (χ3v) is 3.15. The van der Waals surface area contributed by atoms with Crippen molar-refractivity contribution in [2.24, 2.45) is 0 Å². The Hall–Kier alpha value is -0.630. The summed E-state index contributed by atoms with van der Waals surface area (Å²) in [5.41, 5.74) is 0. The van der Waals surface area contributed by atoms with Gasteiger partial charge in [0.2, 0.25) is 0 Å². The van der Waals surface area contributed by atoms with Crippen molar-refractivity contribution in [2.75, 3.05) is 45.8 Å². The second-order valence-electron chi connectivity index (χ2n) is 4.11. The summed E-state index contributed by atoms with van der Waals surface area (Å²) in [5, 5.41) is 11.8. The van der Waals surface area contributed by atoms with Crippen LogP contribution < -0.4 is 5.32 Å². The zero-order valence-electron chi connectivity index (χ0n) is 8.58. The molecule has 0 atom stereocenters. The van der Waals surface area contributed by atoms with Gasteiger partial charge in [-0.2, -0.15) is 5.26 Å². The van der Waals surface area contributed by atoms with Crippen LogP contribution in [0.25, 0.3) is 0 Å². The van der Waals surface area contributed by atoms with E-state index in [0.717, 1.165) is 25.7 Å². The smallest absolute Gasteiger partial charge is 0.0635 e. The number of nitrogens with zero attached hydrogens (tertiary/aromatic N) is 3. The van der Waals surface area contributed by atoms with Gasteiger partial charge < -0.3 is 5.32 Å². The van der Waals surface area contributed by atoms with Crippen molar-refractivity contribution in [1.82, 2.24) is 15.1 Å². The highest BCUT2D eigenvalue weighted by atomic mass is 15.3. The van der Waals surface area contributed by atoms with Gasteiger partial charge in [0.15, 0.2) is 0 Å². The second-order valence-corrected chi connectivity index (χ2v) is 4.11. The normalized spacial score (nSPS) is 25.6. The average molecular weight is 194 g/mol. The summed E-state index contributed by atoms with van der Waals surface area (Å²) in [4.78, 5) is 4.94. The molecule has 2 aliphatic heterocycles. The van der Waals surface area contributed by atoms with E-state index in [1.165, 1.54) is 26.2 Å². The lowest BCUT2D eigenvalue weighted by Crippen LogP contribution is -2.62. The summed E-state index contributed by atoms with van der Waals surface area (Å²) in [6.45, 7) is 7.94. The maximum atomic E-state index is 8.45. The van der Waals surface area contributed by atoms with Crippen molar-refractivity contribution >= 4 is 0 Å². The summed E-state index contributed by atoms with van der Waals surface area (Å²) in [5.74, 6) is 0. The Morgan fingerprint density at radius 3 is 2.64 bits per heavy atom. The Kier molecular flexibility index (Phi) is 3.35. The molecule has 0 aromatic heterocycles. The lowest BCUT2D eigenvalue weighted by molar-refractivity contribution is 0.0288. The van der Waals surface area contributed by atoms with E-state index in [0.29, 0.717) is 6.42 Å². The van der Waals surface area contributed by atoms with Crippen molar-refractivity contribution in [1.29, 1.82) is 5.26 Å². The van der Waals surface area contributed by atoms with Crippen LogP contribution in [0.3, 0.4) is 0 Å². The topological polar surface area (TPSA) is 42.3 Å². The van der Waals surface area contributed by atoms with Gasteiger partial charge in [-0.25, -0.2) is 0 Å². The van der Waals surface area contributed by atoms with Crippen LogP contribution in [0.15, 0.2) is 0 Å². The van der Waals surface area contributed by atoms with Gasteiger partial charge in [-0.15, -0.1) is 0 Å². The van der Waals surface area contributed by atoms with Crippen molar-refractivity contribution in [2.45, 2.75) is 12.5 Å². The van der Waals surface area contributed by atoms with Crippen LogP contribution in [0.2, 0.25) is 0 Å². The monoisotopic (exact) mass is 194 g/mol. The molecule has 78 valence electrons. The van der Waals surface area contributed by atoms with Gasteiger partial charge in [0.05, 0.1) is 6.07 Å². The van der Waals surface area contributed by atoms with Crippen molar-refractivity contribution in [3.8, 4) is 6.07 Å². The molecule has 2 heterocycles. The molecular weight excluding hydrogens is 176 g/mol.